The lowest BCUT2D eigenvalue weighted by Gasteiger charge is -2.32. The molecule has 1 aliphatic heterocycles. The summed E-state index contributed by atoms with van der Waals surface area (Å²) in [6.45, 7) is 9.63. The van der Waals surface area contributed by atoms with Gasteiger partial charge in [0.15, 0.2) is 0 Å². The van der Waals surface area contributed by atoms with Crippen LogP contribution >= 0.6 is 11.5 Å². The second-order valence-corrected chi connectivity index (χ2v) is 6.04. The van der Waals surface area contributed by atoms with Crippen LogP contribution in [0.25, 0.3) is 0 Å². The average molecular weight is 254 g/mol. The van der Waals surface area contributed by atoms with E-state index < -0.39 is 0 Å². The molecule has 0 radical (unpaired) electrons. The Labute approximate surface area is 105 Å². The quantitative estimate of drug-likeness (QED) is 0.817. The zero-order valence-electron chi connectivity index (χ0n) is 10.6. The Morgan fingerprint density at radius 3 is 2.76 bits per heavy atom. The van der Waals surface area contributed by atoms with Crippen LogP contribution in [0.1, 0.15) is 33.5 Å². The Hall–Kier alpha value is -1.17. The fraction of sp³-hybridized carbons (Fsp3) is 0.727. The van der Waals surface area contributed by atoms with E-state index >= 15 is 0 Å². The van der Waals surface area contributed by atoms with Crippen LogP contribution in [0.4, 0.5) is 5.13 Å². The predicted octanol–water partition coefficient (Wildman–Crippen LogP) is 1.16. The second-order valence-electron chi connectivity index (χ2n) is 5.31. The van der Waals surface area contributed by atoms with E-state index in [1.807, 2.05) is 11.8 Å². The predicted molar refractivity (Wildman–Crippen MR) is 68.4 cm³/mol. The van der Waals surface area contributed by atoms with Gasteiger partial charge in [0.1, 0.15) is 11.9 Å². The molecule has 0 aromatic carbocycles. The van der Waals surface area contributed by atoms with Crippen molar-refractivity contribution in [2.45, 2.75) is 39.2 Å². The third-order valence-corrected chi connectivity index (χ3v) is 3.58. The van der Waals surface area contributed by atoms with Crippen molar-refractivity contribution < 1.29 is 4.79 Å². The highest BCUT2D eigenvalue weighted by Crippen LogP contribution is 2.26. The largest absolute Gasteiger partial charge is 0.353 e. The number of anilines is 1. The van der Waals surface area contributed by atoms with Crippen LogP contribution in [0, 0.1) is 0 Å². The van der Waals surface area contributed by atoms with Crippen LogP contribution in [-0.4, -0.2) is 34.4 Å². The summed E-state index contributed by atoms with van der Waals surface area (Å²) in [6, 6.07) is -0.162. The van der Waals surface area contributed by atoms with Gasteiger partial charge in [-0.1, -0.05) is 20.8 Å². The Kier molecular flexibility index (Phi) is 3.07. The molecule has 1 N–H and O–H groups in total. The van der Waals surface area contributed by atoms with E-state index in [-0.39, 0.29) is 17.4 Å². The van der Waals surface area contributed by atoms with Gasteiger partial charge >= 0.3 is 0 Å². The summed E-state index contributed by atoms with van der Waals surface area (Å²) in [6.07, 6.45) is 0. The molecule has 0 saturated carbocycles. The zero-order valence-corrected chi connectivity index (χ0v) is 11.5. The Morgan fingerprint density at radius 2 is 2.18 bits per heavy atom. The summed E-state index contributed by atoms with van der Waals surface area (Å²) >= 11 is 1.37. The van der Waals surface area contributed by atoms with Crippen LogP contribution in [0.3, 0.4) is 0 Å². The standard InChI is InChI=1S/C11H18N4OS/c1-7-8(16)12-5-6-15(7)10-13-9(14-17-10)11(2,3)4/h7H,5-6H2,1-4H3,(H,12,16). The highest BCUT2D eigenvalue weighted by atomic mass is 32.1. The number of carbonyl (C=O) groups is 1. The molecule has 1 fully saturated rings. The minimum Gasteiger partial charge on any atom is -0.353 e. The zero-order chi connectivity index (χ0) is 12.6. The molecule has 2 heterocycles. The van der Waals surface area contributed by atoms with Gasteiger partial charge in [0.2, 0.25) is 11.0 Å². The van der Waals surface area contributed by atoms with E-state index in [9.17, 15) is 4.79 Å². The number of nitrogens with one attached hydrogen (secondary N) is 1. The second kappa shape index (κ2) is 4.25. The molecule has 1 aliphatic rings. The minimum absolute atomic E-state index is 0.0456. The highest BCUT2D eigenvalue weighted by Gasteiger charge is 2.29. The fourth-order valence-corrected chi connectivity index (χ4v) is 2.64. The molecule has 0 spiro atoms. The summed E-state index contributed by atoms with van der Waals surface area (Å²) in [4.78, 5) is 18.1. The molecule has 1 amide bonds. The van der Waals surface area contributed by atoms with E-state index in [1.54, 1.807) is 0 Å². The molecule has 1 unspecified atom stereocenters. The number of aromatic nitrogens is 2. The normalized spacial score (nSPS) is 21.5. The molecule has 1 atom stereocenters. The molecule has 2 rings (SSSR count). The molecule has 1 aromatic heterocycles. The molecule has 5 nitrogen and oxygen atoms in total. The van der Waals surface area contributed by atoms with Gasteiger partial charge in [0.05, 0.1) is 0 Å². The summed E-state index contributed by atoms with van der Waals surface area (Å²) in [5.74, 6) is 0.902. The monoisotopic (exact) mass is 254 g/mol. The van der Waals surface area contributed by atoms with Crippen LogP contribution in [-0.2, 0) is 10.2 Å². The maximum Gasteiger partial charge on any atom is 0.242 e. The third-order valence-electron chi connectivity index (χ3n) is 2.83. The first kappa shape index (κ1) is 12.3. The number of nitrogens with zero attached hydrogens (tertiary/aromatic N) is 3. The number of hydrogen-bond acceptors (Lipinski definition) is 5. The lowest BCUT2D eigenvalue weighted by molar-refractivity contribution is -0.122. The lowest BCUT2D eigenvalue weighted by atomic mass is 9.96. The fourth-order valence-electron chi connectivity index (χ4n) is 1.68. The van der Waals surface area contributed by atoms with Crippen LogP contribution < -0.4 is 10.2 Å². The molecule has 94 valence electrons. The number of piperazine rings is 1. The number of rotatable bonds is 1. The van der Waals surface area contributed by atoms with Crippen molar-refractivity contribution in [2.75, 3.05) is 18.0 Å². The van der Waals surface area contributed by atoms with Gasteiger partial charge in [-0.15, -0.1) is 0 Å². The minimum atomic E-state index is -0.162. The van der Waals surface area contributed by atoms with Gasteiger partial charge < -0.3 is 10.2 Å². The highest BCUT2D eigenvalue weighted by molar-refractivity contribution is 7.09. The van der Waals surface area contributed by atoms with E-state index in [4.69, 9.17) is 0 Å². The summed E-state index contributed by atoms with van der Waals surface area (Å²) in [5, 5.41) is 3.69. The Morgan fingerprint density at radius 1 is 1.47 bits per heavy atom. The van der Waals surface area contributed by atoms with Crippen molar-refractivity contribution in [2.24, 2.45) is 0 Å². The van der Waals surface area contributed by atoms with E-state index in [2.05, 4.69) is 35.4 Å². The van der Waals surface area contributed by atoms with Gasteiger partial charge in [-0.2, -0.15) is 4.37 Å². The molecule has 0 aliphatic carbocycles. The number of hydrogen-bond donors (Lipinski definition) is 1. The first-order chi connectivity index (χ1) is 7.89. The number of carbonyl (C=O) groups excluding carboxylic acids is 1. The first-order valence-corrected chi connectivity index (χ1v) is 6.55. The molecule has 6 heteroatoms. The van der Waals surface area contributed by atoms with Crippen LogP contribution in [0.5, 0.6) is 0 Å². The Bertz CT molecular complexity index is 423. The summed E-state index contributed by atoms with van der Waals surface area (Å²) in [7, 11) is 0. The van der Waals surface area contributed by atoms with Crippen molar-refractivity contribution in [1.82, 2.24) is 14.7 Å². The van der Waals surface area contributed by atoms with Gasteiger partial charge in [-0.3, -0.25) is 4.79 Å². The van der Waals surface area contributed by atoms with Crippen LogP contribution in [0.2, 0.25) is 0 Å². The van der Waals surface area contributed by atoms with Crippen molar-refractivity contribution >= 4 is 22.6 Å². The average Bonchev–Trinajstić information content (AvgIpc) is 2.70. The molecular weight excluding hydrogens is 236 g/mol. The lowest BCUT2D eigenvalue weighted by Crippen LogP contribution is -2.54. The van der Waals surface area contributed by atoms with Gasteiger partial charge in [-0.25, -0.2) is 4.98 Å². The van der Waals surface area contributed by atoms with E-state index in [0.29, 0.717) is 6.54 Å². The third kappa shape index (κ3) is 2.41. The maximum atomic E-state index is 11.6. The van der Waals surface area contributed by atoms with Crippen molar-refractivity contribution in [3.05, 3.63) is 5.82 Å². The maximum absolute atomic E-state index is 11.6. The Balaban J connectivity index is 2.22. The first-order valence-electron chi connectivity index (χ1n) is 5.78. The number of amides is 1. The SMILES string of the molecule is CC1C(=O)NCCN1c1nc(C(C)(C)C)ns1. The van der Waals surface area contributed by atoms with Gasteiger partial charge in [0, 0.05) is 30.0 Å². The van der Waals surface area contributed by atoms with Crippen LogP contribution in [0.15, 0.2) is 0 Å². The van der Waals surface area contributed by atoms with Crippen molar-refractivity contribution in [3.63, 3.8) is 0 Å². The summed E-state index contributed by atoms with van der Waals surface area (Å²) < 4.78 is 4.38. The topological polar surface area (TPSA) is 58.1 Å². The smallest absolute Gasteiger partial charge is 0.242 e. The van der Waals surface area contributed by atoms with Crippen molar-refractivity contribution in [3.8, 4) is 0 Å². The van der Waals surface area contributed by atoms with Crippen molar-refractivity contribution in [1.29, 1.82) is 0 Å². The van der Waals surface area contributed by atoms with Gasteiger partial charge in [-0.05, 0) is 6.92 Å². The molecule has 1 saturated heterocycles. The summed E-state index contributed by atoms with van der Waals surface area (Å²) in [5.41, 5.74) is -0.0456. The molecule has 1 aromatic rings. The molecular formula is C11H18N4OS. The molecule has 0 bridgehead atoms. The van der Waals surface area contributed by atoms with E-state index in [0.717, 1.165) is 17.5 Å². The molecule has 17 heavy (non-hydrogen) atoms. The van der Waals surface area contributed by atoms with Gasteiger partial charge in [0.25, 0.3) is 0 Å². The van der Waals surface area contributed by atoms with E-state index in [1.165, 1.54) is 11.5 Å².